The molecule has 0 amide bonds. The van der Waals surface area contributed by atoms with Crippen LogP contribution in [-0.2, 0) is 4.74 Å². The van der Waals surface area contributed by atoms with E-state index in [0.29, 0.717) is 0 Å². The van der Waals surface area contributed by atoms with Gasteiger partial charge < -0.3 is 31.4 Å². The molecule has 23 heavy (non-hydrogen) atoms. The molecule has 1 unspecified atom stereocenters. The summed E-state index contributed by atoms with van der Waals surface area (Å²) >= 11 is 5.05. The number of nitrogens with one attached hydrogen (secondary N) is 1. The van der Waals surface area contributed by atoms with Gasteiger partial charge in [0.25, 0.3) is 0 Å². The lowest BCUT2D eigenvalue weighted by Gasteiger charge is -2.23. The average molecular weight is 340 g/mol. The van der Waals surface area contributed by atoms with Gasteiger partial charge >= 0.3 is 0 Å². The minimum absolute atomic E-state index is 0.0101. The lowest BCUT2D eigenvalue weighted by molar-refractivity contribution is -0.0504. The van der Waals surface area contributed by atoms with E-state index in [2.05, 4.69) is 20.9 Å². The fourth-order valence-electron chi connectivity index (χ4n) is 2.54. The van der Waals surface area contributed by atoms with Crippen LogP contribution in [0.2, 0.25) is 0 Å². The Morgan fingerprint density at radius 1 is 1.61 bits per heavy atom. The van der Waals surface area contributed by atoms with Gasteiger partial charge in [-0.25, -0.2) is 14.4 Å². The molecule has 0 aliphatic carbocycles. The van der Waals surface area contributed by atoms with E-state index >= 15 is 4.39 Å². The van der Waals surface area contributed by atoms with Gasteiger partial charge in [0, 0.05) is 6.04 Å². The van der Waals surface area contributed by atoms with Crippen molar-refractivity contribution >= 4 is 29.3 Å². The molecule has 7 N–H and O–H groups in total. The molecule has 0 spiro atoms. The van der Waals surface area contributed by atoms with E-state index < -0.39 is 30.7 Å². The van der Waals surface area contributed by atoms with Gasteiger partial charge in [0.2, 0.25) is 5.67 Å². The van der Waals surface area contributed by atoms with Crippen LogP contribution in [0.4, 0.5) is 10.3 Å². The molecule has 1 saturated heterocycles. The fraction of sp³-hybridized carbons (Fsp3) is 0.417. The Hall–Kier alpha value is -2.26. The summed E-state index contributed by atoms with van der Waals surface area (Å²) < 4.78 is 22.0. The third-order valence-corrected chi connectivity index (χ3v) is 3.89. The number of nitrogens with two attached hydrogens (primary N) is 2. The largest absolute Gasteiger partial charge is 0.394 e. The Bertz CT molecular complexity index is 873. The summed E-state index contributed by atoms with van der Waals surface area (Å²) in [5.74, 6) is 2.12. The highest BCUT2D eigenvalue weighted by Crippen LogP contribution is 2.42. The molecule has 3 heterocycles. The number of fused-ring (bicyclic) bond motifs is 1. The van der Waals surface area contributed by atoms with Crippen molar-refractivity contribution in [3.8, 4) is 12.0 Å². The molecule has 11 heteroatoms. The monoisotopic (exact) mass is 340 g/mol. The number of ether oxygens (including phenoxy) is 1. The van der Waals surface area contributed by atoms with Crippen molar-refractivity contribution in [1.29, 1.82) is 0 Å². The number of hydrogen-bond donors (Lipinski definition) is 5. The highest BCUT2D eigenvalue weighted by atomic mass is 32.1. The van der Waals surface area contributed by atoms with Gasteiger partial charge in [-0.2, -0.15) is 0 Å². The van der Waals surface area contributed by atoms with Gasteiger partial charge in [0.1, 0.15) is 23.4 Å². The molecule has 1 aliphatic rings. The molecular weight excluding hydrogens is 327 g/mol. The maximum atomic E-state index is 15.2. The van der Waals surface area contributed by atoms with Crippen molar-refractivity contribution in [3.63, 3.8) is 0 Å². The van der Waals surface area contributed by atoms with Crippen molar-refractivity contribution < 1.29 is 19.3 Å². The number of imidazole rings is 1. The third kappa shape index (κ3) is 2.23. The van der Waals surface area contributed by atoms with Gasteiger partial charge in [-0.05, 0) is 5.92 Å². The molecule has 4 atom stereocenters. The van der Waals surface area contributed by atoms with Crippen LogP contribution in [0.25, 0.3) is 11.2 Å². The minimum atomic E-state index is -2.55. The van der Waals surface area contributed by atoms with E-state index in [0.717, 1.165) is 0 Å². The van der Waals surface area contributed by atoms with E-state index in [1.165, 1.54) is 10.9 Å². The summed E-state index contributed by atoms with van der Waals surface area (Å²) in [6, 6.07) is 1.94. The number of aliphatic hydroxyl groups is 2. The molecule has 0 radical (unpaired) electrons. The van der Waals surface area contributed by atoms with Crippen LogP contribution < -0.4 is 11.5 Å². The summed E-state index contributed by atoms with van der Waals surface area (Å²) in [4.78, 5) is 10.6. The number of halogens is 1. The van der Waals surface area contributed by atoms with Crippen LogP contribution in [-0.4, -0.2) is 54.2 Å². The van der Waals surface area contributed by atoms with Crippen molar-refractivity contribution in [3.05, 3.63) is 11.0 Å². The van der Waals surface area contributed by atoms with Crippen molar-refractivity contribution in [2.45, 2.75) is 24.1 Å². The second-order valence-electron chi connectivity index (χ2n) is 4.97. The quantitative estimate of drug-likeness (QED) is 0.264. The molecule has 2 aromatic heterocycles. The number of nitrogen functional groups attached to an aromatic ring is 1. The third-order valence-electron chi connectivity index (χ3n) is 3.61. The normalized spacial score (nSPS) is 30.3. The summed E-state index contributed by atoms with van der Waals surface area (Å²) in [7, 11) is 0. The predicted molar refractivity (Wildman–Crippen MR) is 79.9 cm³/mol. The van der Waals surface area contributed by atoms with Crippen LogP contribution in [0.3, 0.4) is 0 Å². The highest BCUT2D eigenvalue weighted by Gasteiger charge is 2.58. The zero-order valence-electron chi connectivity index (χ0n) is 11.6. The molecule has 2 aromatic rings. The fourth-order valence-corrected chi connectivity index (χ4v) is 2.79. The summed E-state index contributed by atoms with van der Waals surface area (Å²) in [6.45, 7) is -0.595. The maximum Gasteiger partial charge on any atom is 0.245 e. The van der Waals surface area contributed by atoms with Gasteiger partial charge in [-0.15, -0.1) is 0 Å². The zero-order chi connectivity index (χ0) is 16.8. The Balaban J connectivity index is 2.20. The second kappa shape index (κ2) is 5.43. The smallest absolute Gasteiger partial charge is 0.245 e. The maximum absolute atomic E-state index is 15.2. The van der Waals surface area contributed by atoms with Crippen LogP contribution in [0.1, 0.15) is 6.23 Å². The number of H-pyrrole nitrogens is 1. The molecule has 122 valence electrons. The topological polar surface area (TPSA) is 148 Å². The molecule has 3 rings (SSSR count). The zero-order valence-corrected chi connectivity index (χ0v) is 12.4. The Kier molecular flexibility index (Phi) is 3.69. The number of nitrogens with zero attached hydrogens (tertiary/aromatic N) is 3. The second-order valence-corrected chi connectivity index (χ2v) is 5.35. The number of aliphatic hydroxyl groups excluding tert-OH is 2. The first-order valence-corrected chi connectivity index (χ1v) is 6.91. The molecule has 1 aliphatic heterocycles. The highest BCUT2D eigenvalue weighted by molar-refractivity contribution is 7.71. The minimum Gasteiger partial charge on any atom is -0.394 e. The standard InChI is InChI=1S/C12H13FN6O3S/c13-12(1-2-14)7(21)5(3-20)22-10(12)19-4-16-6-8(19)17-11(15)18-9(6)23/h4-5,7,10,20-21H,3,14H2,(H3,15,17,18,23)/t5-,7?,10-,12-/m1/s1. The number of alkyl halides is 1. The van der Waals surface area contributed by atoms with Crippen LogP contribution in [0.15, 0.2) is 6.33 Å². The first kappa shape index (κ1) is 15.6. The van der Waals surface area contributed by atoms with Crippen molar-refractivity contribution in [2.75, 3.05) is 12.3 Å². The number of anilines is 1. The summed E-state index contributed by atoms with van der Waals surface area (Å²) in [5, 5.41) is 19.3. The summed E-state index contributed by atoms with van der Waals surface area (Å²) in [6.07, 6.45) is -3.04. The molecule has 9 nitrogen and oxygen atoms in total. The first-order chi connectivity index (χ1) is 10.9. The van der Waals surface area contributed by atoms with E-state index in [-0.39, 0.29) is 21.8 Å². The van der Waals surface area contributed by atoms with Crippen molar-refractivity contribution in [1.82, 2.24) is 19.5 Å². The van der Waals surface area contributed by atoms with Crippen LogP contribution >= 0.6 is 12.2 Å². The molecular formula is C12H13FN6O3S. The van der Waals surface area contributed by atoms with Gasteiger partial charge in [0.15, 0.2) is 16.8 Å². The first-order valence-electron chi connectivity index (χ1n) is 6.50. The number of aromatic amines is 1. The lowest BCUT2D eigenvalue weighted by Crippen LogP contribution is -2.42. The van der Waals surface area contributed by atoms with E-state index in [4.69, 9.17) is 28.4 Å². The summed E-state index contributed by atoms with van der Waals surface area (Å²) in [5.41, 5.74) is 8.70. The van der Waals surface area contributed by atoms with Crippen LogP contribution in [0.5, 0.6) is 0 Å². The molecule has 0 aromatic carbocycles. The SMILES string of the molecule is NC#C[C@@]1(F)C(O)[C@@H](CO)O[C@H]1n1cnc2c(=S)nc(N)[nH]c21. The van der Waals surface area contributed by atoms with E-state index in [1.54, 1.807) is 0 Å². The van der Waals surface area contributed by atoms with Gasteiger partial charge in [-0.1, -0.05) is 12.2 Å². The Morgan fingerprint density at radius 2 is 2.35 bits per heavy atom. The van der Waals surface area contributed by atoms with Crippen LogP contribution in [0, 0.1) is 16.6 Å². The molecule has 1 fully saturated rings. The van der Waals surface area contributed by atoms with Gasteiger partial charge in [0.05, 0.1) is 12.9 Å². The lowest BCUT2D eigenvalue weighted by atomic mass is 9.97. The van der Waals surface area contributed by atoms with Crippen molar-refractivity contribution in [2.24, 2.45) is 5.73 Å². The molecule has 0 bridgehead atoms. The van der Waals surface area contributed by atoms with Gasteiger partial charge in [-0.3, -0.25) is 4.57 Å². The number of aromatic nitrogens is 4. The average Bonchev–Trinajstić information content (AvgIpc) is 3.01. The Morgan fingerprint density at radius 3 is 3.00 bits per heavy atom. The number of hydrogen-bond acceptors (Lipinski definition) is 8. The van der Waals surface area contributed by atoms with E-state index in [9.17, 15) is 10.2 Å². The predicted octanol–water partition coefficient (Wildman–Crippen LogP) is -1.05. The Labute approximate surface area is 134 Å². The molecule has 0 saturated carbocycles. The number of rotatable bonds is 2. The van der Waals surface area contributed by atoms with E-state index in [1.807, 2.05) is 6.04 Å².